The molecule has 0 aromatic carbocycles. The first-order chi connectivity index (χ1) is 63.0. The van der Waals surface area contributed by atoms with Gasteiger partial charge in [0.1, 0.15) is 90.0 Å². The van der Waals surface area contributed by atoms with Crippen LogP contribution < -0.4 is 71.4 Å². The molecule has 0 aliphatic carbocycles. The van der Waals surface area contributed by atoms with Crippen molar-refractivity contribution in [2.75, 3.05) is 137 Å². The molecule has 766 valence electrons. The summed E-state index contributed by atoms with van der Waals surface area (Å²) < 4.78 is 41.0. The molecule has 43 nitrogen and oxygen atoms in total. The van der Waals surface area contributed by atoms with Gasteiger partial charge in [-0.15, -0.1) is 65.9 Å². The first-order valence-electron chi connectivity index (χ1n) is 44.0. The van der Waals surface area contributed by atoms with E-state index in [9.17, 15) is 108 Å². The van der Waals surface area contributed by atoms with Crippen LogP contribution in [0.2, 0.25) is 0 Å². The van der Waals surface area contributed by atoms with Crippen LogP contribution in [0.4, 0.5) is 0 Å². The Morgan fingerprint density at radius 3 is 0.713 bits per heavy atom. The molecule has 0 bridgehead atoms. The molecule has 10 rings (SSSR count). The third kappa shape index (κ3) is 36.7. The molecule has 0 radical (unpaired) electrons. The van der Waals surface area contributed by atoms with E-state index in [-0.39, 0.29) is 132 Å². The smallest absolute Gasteiger partial charge is 0.330 e. The summed E-state index contributed by atoms with van der Waals surface area (Å²) in [6.07, 6.45) is 15.9. The first kappa shape index (κ1) is 118. The van der Waals surface area contributed by atoms with Crippen molar-refractivity contribution in [3.05, 3.63) is 152 Å². The van der Waals surface area contributed by atoms with Crippen molar-refractivity contribution >= 4 is 119 Å². The Kier molecular flexibility index (Phi) is 45.4. The number of nitrogens with zero attached hydrogens (tertiary/aromatic N) is 5. The standard InChI is InChI=1S/C18H30N3O6P.2C17H28N3O6P.2C17H28N3O5PS/c1-11(22)8-19-9-12-10-21(18(25)20-16(12)24)17-15(26-2)14(23)13(27-17)6-7-28(3,4)5;2*1-10(21)7-18-8-11-9-20(17(25)19-15(11)24)16-14(23)13(22)12(26-16)5-6-27(2,3)4;2*1-10(21)7-18-8-11-9-20(17(27)19-15(11)24)16-14(23)13(22)12(25-16)5-6-26(2,3)4/h10,13-15,17,19,23H,3,6-9H2,1-2,4-5H3,(H,20,24,25);2*9,12-14,16,18,22-23H,2,5-8H2,1,3-4H3,(H,19,24,25);2*9,12-14,16,18,22-23H,2,5-8H2,1,3-4H3,(H,19,24,27)/t13-,14-,15-,17?;4*12-,13-,14-,16?/m11111/s1. The Balaban J connectivity index is 0.000000261. The normalized spacial score (nSPS) is 25.6. The number of hydrogen-bond donors (Lipinski definition) is 19. The van der Waals surface area contributed by atoms with Crippen molar-refractivity contribution in [2.24, 2.45) is 0 Å². The maximum absolute atomic E-state index is 12.4. The Bertz CT molecular complexity index is 5300. The van der Waals surface area contributed by atoms with Gasteiger partial charge in [0, 0.05) is 98.6 Å². The molecule has 20 atom stereocenters. The van der Waals surface area contributed by atoms with Gasteiger partial charge in [0.25, 0.3) is 27.8 Å². The highest BCUT2D eigenvalue weighted by Gasteiger charge is 2.49. The third-order valence-electron chi connectivity index (χ3n) is 22.1. The first-order valence-corrected chi connectivity index (χ1v) is 60.1. The maximum Gasteiger partial charge on any atom is 0.330 e. The lowest BCUT2D eigenvalue weighted by atomic mass is 10.1. The SMILES string of the molecule is C=P(C)(C)CC[C@H]1OC(n2cc(CNCC(C)=O)c(=O)[nH]c2=O)[C@H](O)[C@@H]1O.C=P(C)(C)CC[C@H]1OC(n2cc(CNCC(C)=O)c(=O)[nH]c2=O)[C@H](O)[C@@H]1O.C=P(C)(C)CC[C@H]1OC(n2cc(CNCC(C)=O)c(=O)[nH]c2=O)[C@H](OC)[C@@H]1O.C=P(C)(C)CC[C@H]1OC(n2cc(CNCC(C)=O)c(=O)[nH]c2=S)[C@H](O)[C@@H]1O.C=P(C)(C)CC[C@H]1OC(n2cc(CNCC(C)=O)c(=O)[nH]c2=S)[C@H](O)[C@@H]1O. The number of ether oxygens (including phenoxy) is 6. The van der Waals surface area contributed by atoms with Gasteiger partial charge in [0.15, 0.2) is 40.7 Å². The van der Waals surface area contributed by atoms with Crippen LogP contribution in [0.25, 0.3) is 0 Å². The fraction of sp³-hybridized carbons (Fsp3) is 0.651. The van der Waals surface area contributed by atoms with E-state index in [1.807, 2.05) is 0 Å². The third-order valence-corrected chi connectivity index (χ3v) is 30.0. The number of rotatable bonds is 41. The van der Waals surface area contributed by atoms with Crippen LogP contribution in [-0.2, 0) is 85.1 Å². The van der Waals surface area contributed by atoms with E-state index in [1.54, 1.807) is 0 Å². The number of aliphatic hydroxyl groups is 9. The van der Waals surface area contributed by atoms with Crippen molar-refractivity contribution in [1.29, 1.82) is 0 Å². The van der Waals surface area contributed by atoms with E-state index < -0.39 is 191 Å². The second-order valence-corrected chi connectivity index (χ2v) is 60.7. The molecule has 5 aliphatic rings. The lowest BCUT2D eigenvalue weighted by Crippen LogP contribution is -2.40. The minimum absolute atomic E-state index is 0.0455. The van der Waals surface area contributed by atoms with E-state index >= 15 is 0 Å². The van der Waals surface area contributed by atoms with Crippen LogP contribution in [0.5, 0.6) is 0 Å². The van der Waals surface area contributed by atoms with Crippen LogP contribution in [-0.4, -0.2) is 383 Å². The summed E-state index contributed by atoms with van der Waals surface area (Å²) in [4.78, 5) is 164. The zero-order chi connectivity index (χ0) is 102. The molecule has 19 N–H and O–H groups in total. The summed E-state index contributed by atoms with van der Waals surface area (Å²) in [6, 6.07) is 0. The summed E-state index contributed by atoms with van der Waals surface area (Å²) in [5, 5.41) is 108. The predicted molar refractivity (Wildman–Crippen MR) is 539 cm³/mol. The maximum atomic E-state index is 12.4. The van der Waals surface area contributed by atoms with E-state index in [1.165, 1.54) is 86.4 Å². The molecule has 5 aromatic rings. The topological polar surface area (TPSA) is 623 Å². The number of Topliss-reactive ketones (excluding diaryl/α,β-unsaturated/α-hetero) is 5. The van der Waals surface area contributed by atoms with Crippen LogP contribution in [0.15, 0.2) is 69.3 Å². The minimum Gasteiger partial charge on any atom is -0.388 e. The number of methoxy groups -OCH3 is 1. The Morgan fingerprint density at radius 1 is 0.324 bits per heavy atom. The van der Waals surface area contributed by atoms with Gasteiger partial charge in [0.2, 0.25) is 0 Å². The van der Waals surface area contributed by atoms with Gasteiger partial charge in [-0.3, -0.25) is 95.7 Å². The molecule has 5 aromatic heterocycles. The Labute approximate surface area is 798 Å². The largest absolute Gasteiger partial charge is 0.388 e. The van der Waals surface area contributed by atoms with Gasteiger partial charge in [-0.2, -0.15) is 0 Å². The lowest BCUT2D eigenvalue weighted by molar-refractivity contribution is -0.117. The van der Waals surface area contributed by atoms with Gasteiger partial charge in [-0.05, 0) is 189 Å². The molecule has 10 heterocycles. The number of carbonyl (C=O) groups excluding carboxylic acids is 5. The highest BCUT2D eigenvalue weighted by molar-refractivity contribution is 7.73. The predicted octanol–water partition coefficient (Wildman–Crippen LogP) is -1.94. The molecule has 5 fully saturated rings. The number of H-pyrrole nitrogens is 5. The van der Waals surface area contributed by atoms with Crippen molar-refractivity contribution < 1.29 is 98.4 Å². The summed E-state index contributed by atoms with van der Waals surface area (Å²) >= 11 is 10.4. The van der Waals surface area contributed by atoms with Gasteiger partial charge in [-0.1, -0.05) is 0 Å². The van der Waals surface area contributed by atoms with E-state index in [0.29, 0.717) is 43.2 Å². The molecule has 5 unspecified atom stereocenters. The fourth-order valence-corrected chi connectivity index (χ4v) is 20.0. The lowest BCUT2D eigenvalue weighted by Gasteiger charge is -2.21. The number of aliphatic hydroxyl groups excluding tert-OH is 9. The van der Waals surface area contributed by atoms with Gasteiger partial charge >= 0.3 is 17.1 Å². The van der Waals surface area contributed by atoms with Crippen LogP contribution in [0.3, 0.4) is 0 Å². The fourth-order valence-electron chi connectivity index (χ4n) is 14.7. The van der Waals surface area contributed by atoms with E-state index in [2.05, 4.69) is 150 Å². The second kappa shape index (κ2) is 52.3. The number of ketones is 5. The number of hydrogen-bond acceptors (Lipinski definition) is 35. The monoisotopic (exact) mass is 2050 g/mol. The second-order valence-electron chi connectivity index (χ2n) is 38.3. The zero-order valence-corrected chi connectivity index (χ0v) is 86.3. The molecule has 0 amide bonds. The van der Waals surface area contributed by atoms with Crippen molar-refractivity contribution in [3.8, 4) is 0 Å². The molecule has 5 aliphatic heterocycles. The van der Waals surface area contributed by atoms with Gasteiger partial charge in [0.05, 0.1) is 63.2 Å². The van der Waals surface area contributed by atoms with E-state index in [4.69, 9.17) is 52.9 Å². The van der Waals surface area contributed by atoms with Crippen molar-refractivity contribution in [2.45, 2.75) is 222 Å². The molecular weight excluding hydrogens is 1910 g/mol. The summed E-state index contributed by atoms with van der Waals surface area (Å²) in [6.45, 7) is 22.7. The average molecular weight is 2050 g/mol. The number of aromatic nitrogens is 10. The summed E-state index contributed by atoms with van der Waals surface area (Å²) in [5.74, 6) is -0.329. The molecule has 0 spiro atoms. The molecule has 5 saturated heterocycles. The minimum atomic E-state index is -1.33. The van der Waals surface area contributed by atoms with E-state index in [0.717, 1.165) is 39.9 Å². The highest BCUT2D eigenvalue weighted by atomic mass is 32.1. The van der Waals surface area contributed by atoms with Crippen LogP contribution in [0.1, 0.15) is 126 Å². The number of aromatic amines is 5. The van der Waals surface area contributed by atoms with Crippen molar-refractivity contribution in [1.82, 2.24) is 74.3 Å². The van der Waals surface area contributed by atoms with Crippen molar-refractivity contribution in [3.63, 3.8) is 0 Å². The summed E-state index contributed by atoms with van der Waals surface area (Å²) in [7, 11) is 1.44. The highest BCUT2D eigenvalue weighted by Crippen LogP contribution is 2.45. The quantitative estimate of drug-likeness (QED) is 0.0150. The number of carbonyl (C=O) groups is 5. The summed E-state index contributed by atoms with van der Waals surface area (Å²) in [5.41, 5.74) is -3.16. The average Bonchev–Trinajstić information content (AvgIpc) is 1.63. The number of nitrogens with one attached hydrogen (secondary N) is 10. The Hall–Kier alpha value is -6.71. The van der Waals surface area contributed by atoms with Gasteiger partial charge in [-0.25, -0.2) is 14.4 Å². The van der Waals surface area contributed by atoms with Crippen LogP contribution in [0, 0.1) is 9.54 Å². The van der Waals surface area contributed by atoms with Gasteiger partial charge < -0.3 is 101 Å². The molecule has 50 heteroatoms. The van der Waals surface area contributed by atoms with Crippen LogP contribution >= 0.6 is 58.9 Å². The molecule has 0 saturated carbocycles. The molecule has 136 heavy (non-hydrogen) atoms. The molecular formula is C86H142N15O28P5S2. The Morgan fingerprint density at radius 2 is 0.507 bits per heavy atom. The zero-order valence-electron chi connectivity index (χ0n) is 80.2.